The van der Waals surface area contributed by atoms with Crippen LogP contribution in [0.5, 0.6) is 0 Å². The third-order valence-electron chi connectivity index (χ3n) is 6.08. The molecule has 1 atom stereocenters. The molecule has 0 radical (unpaired) electrons. The summed E-state index contributed by atoms with van der Waals surface area (Å²) in [7, 11) is 6.17. The van der Waals surface area contributed by atoms with Crippen molar-refractivity contribution in [2.75, 3.05) is 60.5 Å². The Bertz CT molecular complexity index is 580. The highest BCUT2D eigenvalue weighted by atomic mass is 16.5. The van der Waals surface area contributed by atoms with Crippen LogP contribution in [0.15, 0.2) is 35.3 Å². The van der Waals surface area contributed by atoms with E-state index in [2.05, 4.69) is 83.7 Å². The molecule has 158 valence electrons. The molecular weight excluding hydrogens is 350 g/mol. The Kier molecular flexibility index (Phi) is 9.22. The Balaban J connectivity index is 2.00. The zero-order valence-corrected chi connectivity index (χ0v) is 18.4. The Hall–Kier alpha value is -1.63. The van der Waals surface area contributed by atoms with Crippen molar-refractivity contribution in [1.29, 1.82) is 0 Å². The molecule has 0 spiro atoms. The van der Waals surface area contributed by atoms with Crippen LogP contribution in [0.25, 0.3) is 0 Å². The SMILES string of the molecule is CCN(CC)C(CNC(=NC)NCC1(N(C)C)CCOCC1)c1ccccc1. The number of aliphatic imine (C=N–C) groups is 1. The number of guanidine groups is 1. The maximum Gasteiger partial charge on any atom is 0.191 e. The van der Waals surface area contributed by atoms with Gasteiger partial charge in [0.15, 0.2) is 5.96 Å². The molecule has 2 N–H and O–H groups in total. The van der Waals surface area contributed by atoms with Crippen molar-refractivity contribution in [1.82, 2.24) is 20.4 Å². The van der Waals surface area contributed by atoms with Crippen LogP contribution in [0.1, 0.15) is 38.3 Å². The summed E-state index contributed by atoms with van der Waals surface area (Å²) in [4.78, 5) is 9.28. The van der Waals surface area contributed by atoms with Crippen molar-refractivity contribution >= 4 is 5.96 Å². The predicted octanol–water partition coefficient (Wildman–Crippen LogP) is 2.35. The van der Waals surface area contributed by atoms with E-state index in [4.69, 9.17) is 4.74 Å². The summed E-state index contributed by atoms with van der Waals surface area (Å²) in [6, 6.07) is 11.1. The summed E-state index contributed by atoms with van der Waals surface area (Å²) >= 11 is 0. The third kappa shape index (κ3) is 5.93. The normalized spacial score (nSPS) is 18.3. The Morgan fingerprint density at radius 2 is 1.75 bits per heavy atom. The Morgan fingerprint density at radius 3 is 2.29 bits per heavy atom. The largest absolute Gasteiger partial charge is 0.381 e. The highest BCUT2D eigenvalue weighted by Gasteiger charge is 2.34. The van der Waals surface area contributed by atoms with Crippen LogP contribution < -0.4 is 10.6 Å². The number of hydrogen-bond acceptors (Lipinski definition) is 4. The van der Waals surface area contributed by atoms with Crippen molar-refractivity contribution in [2.24, 2.45) is 4.99 Å². The average molecular weight is 390 g/mol. The quantitative estimate of drug-likeness (QED) is 0.502. The van der Waals surface area contributed by atoms with E-state index in [0.29, 0.717) is 6.04 Å². The maximum absolute atomic E-state index is 5.58. The highest BCUT2D eigenvalue weighted by Crippen LogP contribution is 2.25. The number of likely N-dealkylation sites (N-methyl/N-ethyl adjacent to an activating group) is 2. The first-order chi connectivity index (χ1) is 13.6. The van der Waals surface area contributed by atoms with Gasteiger partial charge in [0.2, 0.25) is 0 Å². The molecule has 28 heavy (non-hydrogen) atoms. The lowest BCUT2D eigenvalue weighted by Gasteiger charge is -2.43. The van der Waals surface area contributed by atoms with E-state index in [-0.39, 0.29) is 5.54 Å². The van der Waals surface area contributed by atoms with Crippen LogP contribution >= 0.6 is 0 Å². The van der Waals surface area contributed by atoms with Gasteiger partial charge < -0.3 is 20.3 Å². The van der Waals surface area contributed by atoms with Gasteiger partial charge in [-0.05, 0) is 45.6 Å². The van der Waals surface area contributed by atoms with Crippen molar-refractivity contribution in [3.63, 3.8) is 0 Å². The lowest BCUT2D eigenvalue weighted by molar-refractivity contribution is -0.00502. The number of nitrogens with one attached hydrogen (secondary N) is 2. The lowest BCUT2D eigenvalue weighted by Crippen LogP contribution is -2.57. The summed E-state index contributed by atoms with van der Waals surface area (Å²) in [5.41, 5.74) is 1.46. The molecule has 1 aromatic rings. The van der Waals surface area contributed by atoms with Gasteiger partial charge in [-0.15, -0.1) is 0 Å². The number of ether oxygens (including phenoxy) is 1. The van der Waals surface area contributed by atoms with E-state index < -0.39 is 0 Å². The van der Waals surface area contributed by atoms with Gasteiger partial charge in [-0.3, -0.25) is 9.89 Å². The van der Waals surface area contributed by atoms with Crippen molar-refractivity contribution < 1.29 is 4.74 Å². The summed E-state index contributed by atoms with van der Waals surface area (Å²) in [6.45, 7) is 9.82. The summed E-state index contributed by atoms with van der Waals surface area (Å²) in [5, 5.41) is 7.13. The standard InChI is InChI=1S/C22H39N5O/c1-6-27(7-2)20(19-11-9-8-10-12-19)17-24-21(23-3)25-18-22(26(4)5)13-15-28-16-14-22/h8-12,20H,6-7,13-18H2,1-5H3,(H2,23,24,25). The molecule has 6 nitrogen and oxygen atoms in total. The van der Waals surface area contributed by atoms with E-state index in [0.717, 1.165) is 58.2 Å². The topological polar surface area (TPSA) is 52.1 Å². The fourth-order valence-corrected chi connectivity index (χ4v) is 3.99. The number of hydrogen-bond donors (Lipinski definition) is 2. The number of nitrogens with zero attached hydrogens (tertiary/aromatic N) is 3. The first-order valence-electron chi connectivity index (χ1n) is 10.5. The van der Waals surface area contributed by atoms with Gasteiger partial charge in [0.25, 0.3) is 0 Å². The second-order valence-corrected chi connectivity index (χ2v) is 7.69. The Morgan fingerprint density at radius 1 is 1.11 bits per heavy atom. The average Bonchev–Trinajstić information content (AvgIpc) is 2.74. The minimum atomic E-state index is 0.119. The van der Waals surface area contributed by atoms with Crippen LogP contribution in [-0.4, -0.2) is 81.8 Å². The molecule has 0 aliphatic carbocycles. The van der Waals surface area contributed by atoms with Crippen LogP contribution in [0, 0.1) is 0 Å². The zero-order valence-electron chi connectivity index (χ0n) is 18.4. The van der Waals surface area contributed by atoms with Crippen LogP contribution in [0.3, 0.4) is 0 Å². The van der Waals surface area contributed by atoms with E-state index in [1.807, 2.05) is 7.05 Å². The predicted molar refractivity (Wildman–Crippen MR) is 118 cm³/mol. The summed E-state index contributed by atoms with van der Waals surface area (Å²) < 4.78 is 5.58. The van der Waals surface area contributed by atoms with Crippen molar-refractivity contribution in [3.8, 4) is 0 Å². The van der Waals surface area contributed by atoms with Crippen molar-refractivity contribution in [3.05, 3.63) is 35.9 Å². The second-order valence-electron chi connectivity index (χ2n) is 7.69. The van der Waals surface area contributed by atoms with Gasteiger partial charge in [0.05, 0.1) is 6.04 Å². The number of rotatable bonds is 9. The monoisotopic (exact) mass is 389 g/mol. The Labute approximate surface area is 171 Å². The van der Waals surface area contributed by atoms with Crippen LogP contribution in [-0.2, 0) is 4.74 Å². The van der Waals surface area contributed by atoms with Gasteiger partial charge in [-0.1, -0.05) is 44.2 Å². The smallest absolute Gasteiger partial charge is 0.191 e. The minimum Gasteiger partial charge on any atom is -0.381 e. The second kappa shape index (κ2) is 11.4. The molecule has 1 aromatic carbocycles. The van der Waals surface area contributed by atoms with Gasteiger partial charge >= 0.3 is 0 Å². The maximum atomic E-state index is 5.58. The first kappa shape index (κ1) is 22.7. The molecule has 1 aliphatic heterocycles. The third-order valence-corrected chi connectivity index (χ3v) is 6.08. The van der Waals surface area contributed by atoms with Crippen molar-refractivity contribution in [2.45, 2.75) is 38.3 Å². The molecule has 1 saturated heterocycles. The van der Waals surface area contributed by atoms with E-state index in [1.165, 1.54) is 5.56 Å². The van der Waals surface area contributed by atoms with Crippen LogP contribution in [0.2, 0.25) is 0 Å². The van der Waals surface area contributed by atoms with E-state index in [9.17, 15) is 0 Å². The number of benzene rings is 1. The highest BCUT2D eigenvalue weighted by molar-refractivity contribution is 5.79. The minimum absolute atomic E-state index is 0.119. The molecule has 1 heterocycles. The fourth-order valence-electron chi connectivity index (χ4n) is 3.99. The molecule has 1 aliphatic rings. The molecule has 0 bridgehead atoms. The van der Waals surface area contributed by atoms with E-state index in [1.54, 1.807) is 0 Å². The molecule has 6 heteroatoms. The van der Waals surface area contributed by atoms with E-state index >= 15 is 0 Å². The molecule has 0 saturated carbocycles. The lowest BCUT2D eigenvalue weighted by atomic mass is 9.88. The summed E-state index contributed by atoms with van der Waals surface area (Å²) in [5.74, 6) is 0.862. The molecule has 0 amide bonds. The summed E-state index contributed by atoms with van der Waals surface area (Å²) in [6.07, 6.45) is 2.08. The molecule has 1 unspecified atom stereocenters. The molecular formula is C22H39N5O. The van der Waals surface area contributed by atoms with Gasteiger partial charge in [0.1, 0.15) is 0 Å². The molecule has 2 rings (SSSR count). The van der Waals surface area contributed by atoms with Crippen LogP contribution in [0.4, 0.5) is 0 Å². The molecule has 1 fully saturated rings. The van der Waals surface area contributed by atoms with Gasteiger partial charge in [0, 0.05) is 38.9 Å². The zero-order chi connectivity index (χ0) is 20.4. The molecule has 0 aromatic heterocycles. The fraction of sp³-hybridized carbons (Fsp3) is 0.682. The van der Waals surface area contributed by atoms with Gasteiger partial charge in [-0.25, -0.2) is 0 Å². The first-order valence-corrected chi connectivity index (χ1v) is 10.5. The van der Waals surface area contributed by atoms with Gasteiger partial charge in [-0.2, -0.15) is 0 Å².